The molecule has 0 aliphatic carbocycles. The monoisotopic (exact) mass is 405 g/mol. The standard InChI is InChI=1S/C16H20ClNO7S/c1-9-8-26(22,23)13-11(17)12(20)18(13)16(9,14(21)24-5)7-6-10(19)25-15(2,3)4/h6-8,11,13H,1-5H3/b7-6-/t11-,13-,16?/m0/s1. The molecule has 8 nitrogen and oxygen atoms in total. The summed E-state index contributed by atoms with van der Waals surface area (Å²) in [5.41, 5.74) is -2.64. The fourth-order valence-electron chi connectivity index (χ4n) is 2.93. The predicted octanol–water partition coefficient (Wildman–Crippen LogP) is 0.904. The van der Waals surface area contributed by atoms with Crippen molar-refractivity contribution >= 4 is 39.3 Å². The van der Waals surface area contributed by atoms with Crippen LogP contribution in [0.4, 0.5) is 0 Å². The summed E-state index contributed by atoms with van der Waals surface area (Å²) < 4.78 is 34.6. The summed E-state index contributed by atoms with van der Waals surface area (Å²) >= 11 is 5.86. The minimum Gasteiger partial charge on any atom is -0.467 e. The lowest BCUT2D eigenvalue weighted by Crippen LogP contribution is -2.76. The number of esters is 2. The molecular formula is C16H20ClNO7S. The number of methoxy groups -OCH3 is 1. The van der Waals surface area contributed by atoms with Crippen LogP contribution in [0.25, 0.3) is 0 Å². The van der Waals surface area contributed by atoms with Crippen LogP contribution in [0.2, 0.25) is 0 Å². The molecule has 0 saturated carbocycles. The second kappa shape index (κ2) is 6.38. The van der Waals surface area contributed by atoms with Gasteiger partial charge in [-0.2, -0.15) is 0 Å². The smallest absolute Gasteiger partial charge is 0.340 e. The Labute approximate surface area is 156 Å². The number of hydrogen-bond donors (Lipinski definition) is 0. The average Bonchev–Trinajstić information content (AvgIpc) is 2.49. The van der Waals surface area contributed by atoms with Crippen LogP contribution in [0.1, 0.15) is 27.7 Å². The topological polar surface area (TPSA) is 107 Å². The first kappa shape index (κ1) is 20.4. The van der Waals surface area contributed by atoms with Crippen LogP contribution < -0.4 is 0 Å². The number of nitrogens with zero attached hydrogens (tertiary/aromatic N) is 1. The number of carbonyl (C=O) groups is 3. The molecule has 144 valence electrons. The van der Waals surface area contributed by atoms with E-state index in [9.17, 15) is 22.8 Å². The van der Waals surface area contributed by atoms with Gasteiger partial charge in [-0.1, -0.05) is 0 Å². The predicted molar refractivity (Wildman–Crippen MR) is 92.7 cm³/mol. The Bertz CT molecular complexity index is 824. The lowest BCUT2D eigenvalue weighted by molar-refractivity contribution is -0.163. The highest BCUT2D eigenvalue weighted by Gasteiger charge is 2.66. The Kier molecular flexibility index (Phi) is 5.02. The number of carbonyl (C=O) groups excluding carboxylic acids is 3. The van der Waals surface area contributed by atoms with E-state index in [-0.39, 0.29) is 5.57 Å². The molecule has 0 N–H and O–H groups in total. The van der Waals surface area contributed by atoms with E-state index in [0.717, 1.165) is 29.6 Å². The van der Waals surface area contributed by atoms with Crippen LogP contribution in [-0.2, 0) is 33.7 Å². The zero-order valence-electron chi connectivity index (χ0n) is 15.0. The molecule has 26 heavy (non-hydrogen) atoms. The number of amides is 1. The highest BCUT2D eigenvalue weighted by molar-refractivity contribution is 7.95. The Morgan fingerprint density at radius 2 is 1.92 bits per heavy atom. The molecule has 0 aromatic carbocycles. The number of hydrogen-bond acceptors (Lipinski definition) is 7. The van der Waals surface area contributed by atoms with Crippen molar-refractivity contribution < 1.29 is 32.3 Å². The molecule has 0 spiro atoms. The second-order valence-corrected chi connectivity index (χ2v) is 9.38. The van der Waals surface area contributed by atoms with Crippen molar-refractivity contribution in [3.05, 3.63) is 23.1 Å². The van der Waals surface area contributed by atoms with Crippen LogP contribution in [0.3, 0.4) is 0 Å². The molecule has 3 atom stereocenters. The molecular weight excluding hydrogens is 386 g/mol. The highest BCUT2D eigenvalue weighted by atomic mass is 35.5. The van der Waals surface area contributed by atoms with Crippen LogP contribution in [0, 0.1) is 0 Å². The van der Waals surface area contributed by atoms with Gasteiger partial charge in [0.25, 0.3) is 0 Å². The minimum absolute atomic E-state index is 0.0114. The van der Waals surface area contributed by atoms with Gasteiger partial charge in [-0.3, -0.25) is 9.69 Å². The molecule has 0 radical (unpaired) electrons. The SMILES string of the molecule is COC(=O)C1(/C=C\C(=O)OC(C)(C)C)C(C)=CS(=O)(=O)[C@H]2[C@@H](Cl)C(=O)N21. The number of fused-ring (bicyclic) bond motifs is 1. The summed E-state index contributed by atoms with van der Waals surface area (Å²) in [7, 11) is -2.79. The quantitative estimate of drug-likeness (QED) is 0.297. The Morgan fingerprint density at radius 3 is 2.42 bits per heavy atom. The molecule has 2 rings (SSSR count). The zero-order chi connectivity index (χ0) is 20.1. The van der Waals surface area contributed by atoms with E-state index in [4.69, 9.17) is 21.1 Å². The van der Waals surface area contributed by atoms with Crippen LogP contribution >= 0.6 is 11.6 Å². The van der Waals surface area contributed by atoms with Gasteiger partial charge in [0.1, 0.15) is 11.0 Å². The normalized spacial score (nSPS) is 30.3. The highest BCUT2D eigenvalue weighted by Crippen LogP contribution is 2.45. The van der Waals surface area contributed by atoms with Crippen LogP contribution in [-0.4, -0.2) is 60.2 Å². The van der Waals surface area contributed by atoms with E-state index in [1.54, 1.807) is 20.8 Å². The average molecular weight is 406 g/mol. The van der Waals surface area contributed by atoms with Gasteiger partial charge < -0.3 is 9.47 Å². The summed E-state index contributed by atoms with van der Waals surface area (Å²) in [6.45, 7) is 6.36. The maximum atomic E-state index is 12.6. The first-order valence-corrected chi connectivity index (χ1v) is 9.73. The van der Waals surface area contributed by atoms with E-state index in [2.05, 4.69) is 0 Å². The summed E-state index contributed by atoms with van der Waals surface area (Å²) in [5, 5.41) is -1.85. The fraction of sp³-hybridized carbons (Fsp3) is 0.562. The van der Waals surface area contributed by atoms with E-state index in [1.165, 1.54) is 6.92 Å². The Morgan fingerprint density at radius 1 is 1.35 bits per heavy atom. The second-order valence-electron chi connectivity index (χ2n) is 7.02. The maximum absolute atomic E-state index is 12.6. The molecule has 10 heteroatoms. The van der Waals surface area contributed by atoms with Gasteiger partial charge in [-0.15, -0.1) is 11.6 Å². The van der Waals surface area contributed by atoms with Gasteiger partial charge in [-0.05, 0) is 39.3 Å². The molecule has 1 saturated heterocycles. The fourth-order valence-corrected chi connectivity index (χ4v) is 5.41. The molecule has 2 aliphatic rings. The molecule has 0 aromatic heterocycles. The van der Waals surface area contributed by atoms with Gasteiger partial charge in [0, 0.05) is 11.5 Å². The summed E-state index contributed by atoms with van der Waals surface area (Å²) in [6.07, 6.45) is 2.09. The minimum atomic E-state index is -3.88. The molecule has 1 fully saturated rings. The molecule has 2 aliphatic heterocycles. The van der Waals surface area contributed by atoms with Crippen molar-refractivity contribution in [2.24, 2.45) is 0 Å². The largest absolute Gasteiger partial charge is 0.467 e. The number of rotatable bonds is 3. The molecule has 2 heterocycles. The van der Waals surface area contributed by atoms with Crippen molar-refractivity contribution in [2.75, 3.05) is 7.11 Å². The zero-order valence-corrected chi connectivity index (χ0v) is 16.6. The van der Waals surface area contributed by atoms with Crippen molar-refractivity contribution in [3.8, 4) is 0 Å². The van der Waals surface area contributed by atoms with Crippen molar-refractivity contribution in [3.63, 3.8) is 0 Å². The lowest BCUT2D eigenvalue weighted by atomic mass is 9.85. The Hall–Kier alpha value is -1.87. The molecule has 1 unspecified atom stereocenters. The third-order valence-electron chi connectivity index (χ3n) is 4.00. The number of β-lactam (4-membered cyclic amide) rings is 1. The van der Waals surface area contributed by atoms with E-state index < -0.39 is 49.6 Å². The van der Waals surface area contributed by atoms with Crippen molar-refractivity contribution in [1.29, 1.82) is 0 Å². The van der Waals surface area contributed by atoms with Gasteiger partial charge in [-0.25, -0.2) is 18.0 Å². The Balaban J connectivity index is 2.58. The van der Waals surface area contributed by atoms with Gasteiger partial charge in [0.05, 0.1) is 7.11 Å². The van der Waals surface area contributed by atoms with Crippen molar-refractivity contribution in [1.82, 2.24) is 4.90 Å². The number of ether oxygens (including phenoxy) is 2. The molecule has 0 bridgehead atoms. The lowest BCUT2D eigenvalue weighted by Gasteiger charge is -2.54. The van der Waals surface area contributed by atoms with Crippen molar-refractivity contribution in [2.45, 2.75) is 49.6 Å². The van der Waals surface area contributed by atoms with E-state index >= 15 is 0 Å². The first-order chi connectivity index (χ1) is 11.8. The summed E-state index contributed by atoms with van der Waals surface area (Å²) in [6, 6.07) is 0. The van der Waals surface area contributed by atoms with E-state index in [1.807, 2.05) is 0 Å². The number of sulfone groups is 1. The molecule has 1 amide bonds. The maximum Gasteiger partial charge on any atom is 0.340 e. The summed E-state index contributed by atoms with van der Waals surface area (Å²) in [4.78, 5) is 37.7. The van der Waals surface area contributed by atoms with Gasteiger partial charge >= 0.3 is 11.9 Å². The third kappa shape index (κ3) is 3.14. The van der Waals surface area contributed by atoms with Gasteiger partial charge in [0.15, 0.2) is 20.8 Å². The van der Waals surface area contributed by atoms with E-state index in [0.29, 0.717) is 0 Å². The van der Waals surface area contributed by atoms with Crippen LogP contribution in [0.5, 0.6) is 0 Å². The molecule has 0 aromatic rings. The van der Waals surface area contributed by atoms with Gasteiger partial charge in [0.2, 0.25) is 5.91 Å². The van der Waals surface area contributed by atoms with Crippen LogP contribution in [0.15, 0.2) is 23.1 Å². The first-order valence-electron chi connectivity index (χ1n) is 7.68. The number of alkyl halides is 1. The number of halogens is 1. The third-order valence-corrected chi connectivity index (χ3v) is 6.41. The summed E-state index contributed by atoms with van der Waals surface area (Å²) in [5.74, 6) is -2.41.